The molecule has 1 aliphatic carbocycles. The molecule has 1 aromatic carbocycles. The second-order valence-corrected chi connectivity index (χ2v) is 5.63. The summed E-state index contributed by atoms with van der Waals surface area (Å²) in [6.07, 6.45) is 5.20. The molecule has 0 aliphatic heterocycles. The van der Waals surface area contributed by atoms with E-state index in [0.717, 1.165) is 38.6 Å². The van der Waals surface area contributed by atoms with Crippen LogP contribution in [0.2, 0.25) is 0 Å². The summed E-state index contributed by atoms with van der Waals surface area (Å²) in [6, 6.07) is 7.35. The molecule has 1 saturated carbocycles. The molecule has 0 spiro atoms. The molecule has 0 saturated heterocycles. The number of hydrogen-bond acceptors (Lipinski definition) is 2. The second-order valence-electron chi connectivity index (χ2n) is 5.63. The van der Waals surface area contributed by atoms with Crippen LogP contribution in [0.4, 0.5) is 0 Å². The number of aliphatic hydroxyl groups excluding tert-OH is 1. The van der Waals surface area contributed by atoms with E-state index in [9.17, 15) is 5.11 Å². The third-order valence-corrected chi connectivity index (χ3v) is 4.11. The fourth-order valence-corrected chi connectivity index (χ4v) is 2.66. The molecule has 0 radical (unpaired) electrons. The van der Waals surface area contributed by atoms with Gasteiger partial charge in [-0.1, -0.05) is 18.2 Å². The Morgan fingerprint density at radius 1 is 1.11 bits per heavy atom. The Kier molecular flexibility index (Phi) is 4.79. The van der Waals surface area contributed by atoms with E-state index >= 15 is 0 Å². The zero-order valence-electron chi connectivity index (χ0n) is 11.6. The van der Waals surface area contributed by atoms with Crippen molar-refractivity contribution in [2.24, 2.45) is 0 Å². The summed E-state index contributed by atoms with van der Waals surface area (Å²) in [5.41, 5.74) is 4.17. The molecule has 2 N–H and O–H groups in total. The number of nitrogens with one attached hydrogen (secondary N) is 1. The lowest BCUT2D eigenvalue weighted by atomic mass is 9.93. The molecule has 0 aromatic heterocycles. The monoisotopic (exact) mass is 247 g/mol. The first-order valence-corrected chi connectivity index (χ1v) is 7.13. The average Bonchev–Trinajstić information content (AvgIpc) is 2.36. The first-order chi connectivity index (χ1) is 8.65. The van der Waals surface area contributed by atoms with E-state index in [0.29, 0.717) is 6.04 Å². The molecule has 0 atom stereocenters. The van der Waals surface area contributed by atoms with Crippen molar-refractivity contribution in [1.82, 2.24) is 5.32 Å². The molecule has 1 aliphatic rings. The minimum absolute atomic E-state index is 0.0530. The van der Waals surface area contributed by atoms with Gasteiger partial charge in [0, 0.05) is 6.04 Å². The summed E-state index contributed by atoms with van der Waals surface area (Å²) < 4.78 is 0. The lowest BCUT2D eigenvalue weighted by molar-refractivity contribution is 0.117. The second kappa shape index (κ2) is 6.35. The van der Waals surface area contributed by atoms with E-state index in [2.05, 4.69) is 37.4 Å². The maximum atomic E-state index is 9.46. The fourth-order valence-electron chi connectivity index (χ4n) is 2.66. The molecular weight excluding hydrogens is 222 g/mol. The fraction of sp³-hybridized carbons (Fsp3) is 0.625. The Morgan fingerprint density at radius 3 is 2.50 bits per heavy atom. The first-order valence-electron chi connectivity index (χ1n) is 7.13. The molecule has 0 bridgehead atoms. The third-order valence-electron chi connectivity index (χ3n) is 4.11. The maximum Gasteiger partial charge on any atom is 0.0541 e. The topological polar surface area (TPSA) is 32.3 Å². The molecule has 1 fully saturated rings. The van der Waals surface area contributed by atoms with E-state index in [1.807, 2.05) is 0 Å². The van der Waals surface area contributed by atoms with E-state index in [1.54, 1.807) is 0 Å². The normalized spacial score (nSPS) is 24.2. The van der Waals surface area contributed by atoms with Gasteiger partial charge in [-0.3, -0.25) is 0 Å². The largest absolute Gasteiger partial charge is 0.393 e. The van der Waals surface area contributed by atoms with Crippen molar-refractivity contribution in [3.05, 3.63) is 34.9 Å². The zero-order valence-corrected chi connectivity index (χ0v) is 11.6. The van der Waals surface area contributed by atoms with Crippen LogP contribution in [0, 0.1) is 13.8 Å². The minimum Gasteiger partial charge on any atom is -0.393 e. The summed E-state index contributed by atoms with van der Waals surface area (Å²) >= 11 is 0. The molecule has 0 heterocycles. The van der Waals surface area contributed by atoms with Crippen LogP contribution in [0.3, 0.4) is 0 Å². The van der Waals surface area contributed by atoms with Crippen LogP contribution in [0.25, 0.3) is 0 Å². The van der Waals surface area contributed by atoms with Gasteiger partial charge in [-0.15, -0.1) is 0 Å². The van der Waals surface area contributed by atoms with Gasteiger partial charge >= 0.3 is 0 Å². The van der Waals surface area contributed by atoms with Crippen LogP contribution in [0.1, 0.15) is 42.4 Å². The van der Waals surface area contributed by atoms with Crippen molar-refractivity contribution < 1.29 is 5.11 Å². The number of aryl methyl sites for hydroxylation is 2. The van der Waals surface area contributed by atoms with Gasteiger partial charge < -0.3 is 10.4 Å². The van der Waals surface area contributed by atoms with Crippen LogP contribution < -0.4 is 5.32 Å². The Labute approximate surface area is 110 Å². The molecule has 1 aromatic rings. The predicted octanol–water partition coefficient (Wildman–Crippen LogP) is 2.74. The van der Waals surface area contributed by atoms with Crippen molar-refractivity contribution in [2.45, 2.75) is 58.1 Å². The van der Waals surface area contributed by atoms with Crippen LogP contribution in [0.5, 0.6) is 0 Å². The highest BCUT2D eigenvalue weighted by Gasteiger charge is 2.18. The molecule has 0 unspecified atom stereocenters. The van der Waals surface area contributed by atoms with Gasteiger partial charge in [-0.05, 0) is 69.2 Å². The van der Waals surface area contributed by atoms with E-state index in [4.69, 9.17) is 0 Å². The van der Waals surface area contributed by atoms with Crippen LogP contribution >= 0.6 is 0 Å². The van der Waals surface area contributed by atoms with Crippen LogP contribution in [-0.2, 0) is 6.42 Å². The molecule has 100 valence electrons. The van der Waals surface area contributed by atoms with Crippen molar-refractivity contribution in [1.29, 1.82) is 0 Å². The summed E-state index contributed by atoms with van der Waals surface area (Å²) in [7, 11) is 0. The molecule has 18 heavy (non-hydrogen) atoms. The lowest BCUT2D eigenvalue weighted by Crippen LogP contribution is -2.35. The number of rotatable bonds is 4. The Morgan fingerprint density at radius 2 is 1.83 bits per heavy atom. The standard InChI is InChI=1S/C16H25NO/c1-12-3-4-14(11-13(12)2)9-10-17-15-5-7-16(18)8-6-15/h3-4,11,15-18H,5-10H2,1-2H3. The zero-order chi connectivity index (χ0) is 13.0. The summed E-state index contributed by atoms with van der Waals surface area (Å²) in [5.74, 6) is 0. The molecule has 2 heteroatoms. The lowest BCUT2D eigenvalue weighted by Gasteiger charge is -2.26. The Bertz CT molecular complexity index is 381. The smallest absolute Gasteiger partial charge is 0.0541 e. The minimum atomic E-state index is -0.0530. The number of hydrogen-bond donors (Lipinski definition) is 2. The maximum absolute atomic E-state index is 9.46. The summed E-state index contributed by atoms with van der Waals surface area (Å²) in [5, 5.41) is 13.1. The van der Waals surface area contributed by atoms with E-state index in [1.165, 1.54) is 16.7 Å². The SMILES string of the molecule is Cc1ccc(CCNC2CCC(O)CC2)cc1C. The Balaban J connectivity index is 1.73. The Hall–Kier alpha value is -0.860. The molecule has 2 rings (SSSR count). The molecule has 2 nitrogen and oxygen atoms in total. The van der Waals surface area contributed by atoms with Gasteiger partial charge in [0.1, 0.15) is 0 Å². The van der Waals surface area contributed by atoms with E-state index < -0.39 is 0 Å². The quantitative estimate of drug-likeness (QED) is 0.857. The average molecular weight is 247 g/mol. The number of benzene rings is 1. The van der Waals surface area contributed by atoms with Crippen molar-refractivity contribution in [3.63, 3.8) is 0 Å². The van der Waals surface area contributed by atoms with E-state index in [-0.39, 0.29) is 6.10 Å². The molecular formula is C16H25NO. The third kappa shape index (κ3) is 3.82. The van der Waals surface area contributed by atoms with Gasteiger partial charge in [0.05, 0.1) is 6.10 Å². The highest BCUT2D eigenvalue weighted by molar-refractivity contribution is 5.30. The molecule has 0 amide bonds. The van der Waals surface area contributed by atoms with Gasteiger partial charge in [-0.2, -0.15) is 0 Å². The predicted molar refractivity (Wildman–Crippen MR) is 75.9 cm³/mol. The number of aliphatic hydroxyl groups is 1. The first kappa shape index (κ1) is 13.6. The van der Waals surface area contributed by atoms with Crippen LogP contribution in [0.15, 0.2) is 18.2 Å². The van der Waals surface area contributed by atoms with Gasteiger partial charge in [0.2, 0.25) is 0 Å². The van der Waals surface area contributed by atoms with Gasteiger partial charge in [0.25, 0.3) is 0 Å². The highest BCUT2D eigenvalue weighted by atomic mass is 16.3. The van der Waals surface area contributed by atoms with Crippen molar-refractivity contribution in [3.8, 4) is 0 Å². The summed E-state index contributed by atoms with van der Waals surface area (Å²) in [4.78, 5) is 0. The van der Waals surface area contributed by atoms with Crippen LogP contribution in [-0.4, -0.2) is 23.8 Å². The highest BCUT2D eigenvalue weighted by Crippen LogP contribution is 2.18. The van der Waals surface area contributed by atoms with Crippen molar-refractivity contribution >= 4 is 0 Å². The van der Waals surface area contributed by atoms with Gasteiger partial charge in [0.15, 0.2) is 0 Å². The summed E-state index contributed by atoms with van der Waals surface area (Å²) in [6.45, 7) is 5.38. The van der Waals surface area contributed by atoms with Gasteiger partial charge in [-0.25, -0.2) is 0 Å². The van der Waals surface area contributed by atoms with Crippen molar-refractivity contribution in [2.75, 3.05) is 6.54 Å².